The van der Waals surface area contributed by atoms with E-state index in [1.807, 2.05) is 48.7 Å². The molecule has 0 heterocycles. The van der Waals surface area contributed by atoms with Gasteiger partial charge in [-0.05, 0) is 36.4 Å². The van der Waals surface area contributed by atoms with Crippen molar-refractivity contribution in [1.29, 1.82) is 5.26 Å². The van der Waals surface area contributed by atoms with Crippen molar-refractivity contribution in [3.63, 3.8) is 0 Å². The van der Waals surface area contributed by atoms with Crippen molar-refractivity contribution in [2.45, 2.75) is 20.0 Å². The van der Waals surface area contributed by atoms with Gasteiger partial charge in [0, 0.05) is 13.1 Å². The van der Waals surface area contributed by atoms with Crippen LogP contribution in [0.2, 0.25) is 0 Å². The first-order valence-corrected chi connectivity index (χ1v) is 8.50. The maximum Gasteiger partial charge on any atom is 0.348 e. The fourth-order valence-corrected chi connectivity index (χ4v) is 2.42. The van der Waals surface area contributed by atoms with Crippen LogP contribution in [-0.2, 0) is 22.6 Å². The number of ether oxygens (including phenoxy) is 1. The number of hydrogen-bond donors (Lipinski definition) is 0. The Morgan fingerprint density at radius 1 is 1.04 bits per heavy atom. The van der Waals surface area contributed by atoms with E-state index in [9.17, 15) is 4.79 Å². The summed E-state index contributed by atoms with van der Waals surface area (Å²) < 4.78 is 4.87. The first-order chi connectivity index (χ1) is 12.7. The van der Waals surface area contributed by atoms with E-state index in [4.69, 9.17) is 10.00 Å². The van der Waals surface area contributed by atoms with Gasteiger partial charge in [0.1, 0.15) is 11.6 Å². The van der Waals surface area contributed by atoms with Gasteiger partial charge in [-0.25, -0.2) is 4.79 Å². The molecule has 0 aliphatic rings. The van der Waals surface area contributed by atoms with Gasteiger partial charge in [-0.2, -0.15) is 5.26 Å². The molecule has 0 spiro atoms. The van der Waals surface area contributed by atoms with Crippen molar-refractivity contribution in [2.75, 3.05) is 6.61 Å². The molecule has 2 aromatic carbocycles. The molecule has 2 aromatic rings. The molecule has 0 atom stereocenters. The highest BCUT2D eigenvalue weighted by Gasteiger charge is 2.08. The first-order valence-electron chi connectivity index (χ1n) is 8.50. The van der Waals surface area contributed by atoms with Crippen LogP contribution in [0.5, 0.6) is 0 Å². The Morgan fingerprint density at radius 2 is 1.58 bits per heavy atom. The standard InChI is InChI=1S/C22H22N2O2/c1-2-26-22(25)21(16-23)14-9-15-24(17-19-10-5-3-6-11-19)18-20-12-7-4-8-13-20/h3-15H,2,17-18H2,1H3/b15-9+,21-14+. The largest absolute Gasteiger partial charge is 0.462 e. The lowest BCUT2D eigenvalue weighted by Gasteiger charge is -2.20. The van der Waals surface area contributed by atoms with E-state index in [1.54, 1.807) is 13.0 Å². The van der Waals surface area contributed by atoms with Crippen molar-refractivity contribution < 1.29 is 9.53 Å². The lowest BCUT2D eigenvalue weighted by molar-refractivity contribution is -0.138. The molecular weight excluding hydrogens is 324 g/mol. The zero-order chi connectivity index (χ0) is 18.6. The van der Waals surface area contributed by atoms with E-state index in [2.05, 4.69) is 29.2 Å². The van der Waals surface area contributed by atoms with Crippen LogP contribution < -0.4 is 0 Å². The Morgan fingerprint density at radius 3 is 2.04 bits per heavy atom. The Labute approximate surface area is 154 Å². The van der Waals surface area contributed by atoms with Gasteiger partial charge < -0.3 is 9.64 Å². The van der Waals surface area contributed by atoms with Crippen molar-refractivity contribution in [3.8, 4) is 6.07 Å². The Kier molecular flexibility index (Phi) is 7.70. The molecule has 4 nitrogen and oxygen atoms in total. The van der Waals surface area contributed by atoms with Crippen LogP contribution in [-0.4, -0.2) is 17.5 Å². The molecule has 0 saturated carbocycles. The highest BCUT2D eigenvalue weighted by atomic mass is 16.5. The molecule has 0 fully saturated rings. The topological polar surface area (TPSA) is 53.3 Å². The lowest BCUT2D eigenvalue weighted by Crippen LogP contribution is -2.16. The molecule has 0 bridgehead atoms. The Hall–Kier alpha value is -3.32. The van der Waals surface area contributed by atoms with Gasteiger partial charge in [-0.1, -0.05) is 60.7 Å². The van der Waals surface area contributed by atoms with Gasteiger partial charge in [0.25, 0.3) is 0 Å². The molecule has 0 N–H and O–H groups in total. The smallest absolute Gasteiger partial charge is 0.348 e. The van der Waals surface area contributed by atoms with Crippen LogP contribution in [0.3, 0.4) is 0 Å². The number of carbonyl (C=O) groups is 1. The number of allylic oxidation sites excluding steroid dienone is 2. The zero-order valence-corrected chi connectivity index (χ0v) is 14.8. The third kappa shape index (κ3) is 6.29. The minimum atomic E-state index is -0.600. The lowest BCUT2D eigenvalue weighted by atomic mass is 10.2. The second kappa shape index (κ2) is 10.5. The molecule has 0 unspecified atom stereocenters. The highest BCUT2D eigenvalue weighted by Crippen LogP contribution is 2.11. The van der Waals surface area contributed by atoms with Gasteiger partial charge >= 0.3 is 5.97 Å². The summed E-state index contributed by atoms with van der Waals surface area (Å²) >= 11 is 0. The number of rotatable bonds is 8. The van der Waals surface area contributed by atoms with Crippen molar-refractivity contribution in [3.05, 3.63) is 95.7 Å². The molecule has 4 heteroatoms. The normalized spacial score (nSPS) is 11.2. The monoisotopic (exact) mass is 346 g/mol. The van der Waals surface area contributed by atoms with E-state index < -0.39 is 5.97 Å². The summed E-state index contributed by atoms with van der Waals surface area (Å²) in [5, 5.41) is 9.09. The number of benzene rings is 2. The summed E-state index contributed by atoms with van der Waals surface area (Å²) in [7, 11) is 0. The van der Waals surface area contributed by atoms with E-state index in [1.165, 1.54) is 17.2 Å². The summed E-state index contributed by atoms with van der Waals surface area (Å²) in [4.78, 5) is 13.8. The molecule has 2 rings (SSSR count). The maximum absolute atomic E-state index is 11.7. The van der Waals surface area contributed by atoms with Crippen LogP contribution in [0.15, 0.2) is 84.6 Å². The molecule has 132 valence electrons. The van der Waals surface area contributed by atoms with E-state index in [-0.39, 0.29) is 12.2 Å². The van der Waals surface area contributed by atoms with Crippen molar-refractivity contribution in [2.24, 2.45) is 0 Å². The molecule has 0 aliphatic carbocycles. The number of esters is 1. The van der Waals surface area contributed by atoms with Crippen molar-refractivity contribution in [1.82, 2.24) is 4.90 Å². The number of hydrogen-bond acceptors (Lipinski definition) is 4. The Balaban J connectivity index is 2.14. The van der Waals surface area contributed by atoms with E-state index in [0.717, 1.165) is 13.1 Å². The molecule has 0 amide bonds. The third-order valence-corrected chi connectivity index (χ3v) is 3.63. The molecule has 0 radical (unpaired) electrons. The first kappa shape index (κ1) is 19.0. The summed E-state index contributed by atoms with van der Waals surface area (Å²) in [5.74, 6) is -0.600. The fraction of sp³-hybridized carbons (Fsp3) is 0.182. The minimum absolute atomic E-state index is 0.0116. The zero-order valence-electron chi connectivity index (χ0n) is 14.8. The maximum atomic E-state index is 11.7. The van der Waals surface area contributed by atoms with Crippen LogP contribution in [0, 0.1) is 11.3 Å². The third-order valence-electron chi connectivity index (χ3n) is 3.63. The minimum Gasteiger partial charge on any atom is -0.462 e. The Bertz CT molecular complexity index is 748. The summed E-state index contributed by atoms with van der Waals surface area (Å²) in [6.07, 6.45) is 5.08. The van der Waals surface area contributed by atoms with Crippen molar-refractivity contribution >= 4 is 5.97 Å². The average Bonchev–Trinajstić information content (AvgIpc) is 2.67. The van der Waals surface area contributed by atoms with Gasteiger partial charge in [0.15, 0.2) is 0 Å². The van der Waals surface area contributed by atoms with Crippen LogP contribution in [0.25, 0.3) is 0 Å². The predicted octanol–water partition coefficient (Wildman–Crippen LogP) is 4.22. The second-order valence-corrected chi connectivity index (χ2v) is 5.63. The van der Waals surface area contributed by atoms with Gasteiger partial charge in [-0.15, -0.1) is 0 Å². The summed E-state index contributed by atoms with van der Waals surface area (Å²) in [6, 6.07) is 22.2. The fourth-order valence-electron chi connectivity index (χ4n) is 2.42. The van der Waals surface area contributed by atoms with Crippen LogP contribution in [0.4, 0.5) is 0 Å². The number of nitriles is 1. The van der Waals surface area contributed by atoms with E-state index in [0.29, 0.717) is 0 Å². The van der Waals surface area contributed by atoms with Crippen LogP contribution >= 0.6 is 0 Å². The number of carbonyl (C=O) groups excluding carboxylic acids is 1. The average molecular weight is 346 g/mol. The van der Waals surface area contributed by atoms with Crippen LogP contribution in [0.1, 0.15) is 18.1 Å². The highest BCUT2D eigenvalue weighted by molar-refractivity contribution is 5.93. The quantitative estimate of drug-likeness (QED) is 0.311. The molecular formula is C22H22N2O2. The van der Waals surface area contributed by atoms with Gasteiger partial charge in [-0.3, -0.25) is 0 Å². The molecule has 0 aromatic heterocycles. The molecule has 0 saturated heterocycles. The molecule has 0 aliphatic heterocycles. The SMILES string of the molecule is CCOC(=O)/C(C#N)=C/C=C/N(Cc1ccccc1)Cc1ccccc1. The van der Waals surface area contributed by atoms with E-state index >= 15 is 0 Å². The summed E-state index contributed by atoms with van der Waals surface area (Å²) in [5.41, 5.74) is 2.35. The molecule has 26 heavy (non-hydrogen) atoms. The summed E-state index contributed by atoms with van der Waals surface area (Å²) in [6.45, 7) is 3.41. The second-order valence-electron chi connectivity index (χ2n) is 5.63. The number of nitrogens with zero attached hydrogens (tertiary/aromatic N) is 2. The van der Waals surface area contributed by atoms with Gasteiger partial charge in [0.05, 0.1) is 6.61 Å². The predicted molar refractivity (Wildman–Crippen MR) is 102 cm³/mol. The van der Waals surface area contributed by atoms with Gasteiger partial charge in [0.2, 0.25) is 0 Å².